The van der Waals surface area contributed by atoms with Gasteiger partial charge in [0.05, 0.1) is 18.4 Å². The van der Waals surface area contributed by atoms with Gasteiger partial charge < -0.3 is 15.2 Å². The molecule has 0 saturated heterocycles. The predicted octanol–water partition coefficient (Wildman–Crippen LogP) is 4.77. The molecule has 3 rings (SSSR count). The number of nitrogens with one attached hydrogen (secondary N) is 1. The zero-order chi connectivity index (χ0) is 20.8. The van der Waals surface area contributed by atoms with E-state index in [9.17, 15) is 19.1 Å². The monoisotopic (exact) mass is 393 g/mol. The molecule has 6 heteroatoms. The molecular formula is C23H20FNO4. The fraction of sp³-hybridized carbons (Fsp3) is 0.130. The fourth-order valence-electron chi connectivity index (χ4n) is 3.00. The number of rotatable bonds is 7. The van der Waals surface area contributed by atoms with Gasteiger partial charge in [-0.05, 0) is 41.8 Å². The lowest BCUT2D eigenvalue weighted by Crippen LogP contribution is -2.15. The number of hydrogen-bond acceptors (Lipinski definition) is 3. The van der Waals surface area contributed by atoms with Crippen molar-refractivity contribution in [2.24, 2.45) is 0 Å². The molecular weight excluding hydrogens is 373 g/mol. The standard InChI is InChI=1S/C23H20FNO4/c1-29-21-14-17(24)11-12-18(21)16-9-6-15(7-10-16)8-13-22(26)25-20-5-3-2-4-19(20)23(27)28/h2-7,9-12,14H,8,13H2,1H3,(H,25,26)(H,27,28). The zero-order valence-corrected chi connectivity index (χ0v) is 15.8. The van der Waals surface area contributed by atoms with Crippen LogP contribution in [0.4, 0.5) is 10.1 Å². The summed E-state index contributed by atoms with van der Waals surface area (Å²) >= 11 is 0. The summed E-state index contributed by atoms with van der Waals surface area (Å²) in [5.41, 5.74) is 2.95. The third kappa shape index (κ3) is 4.99. The van der Waals surface area contributed by atoms with Crippen molar-refractivity contribution in [2.75, 3.05) is 12.4 Å². The number of carboxylic acid groups (broad SMARTS) is 1. The number of amides is 1. The summed E-state index contributed by atoms with van der Waals surface area (Å²) < 4.78 is 18.6. The molecule has 0 aliphatic heterocycles. The summed E-state index contributed by atoms with van der Waals surface area (Å²) in [6, 6.07) is 18.2. The molecule has 0 aromatic heterocycles. The third-order valence-corrected chi connectivity index (χ3v) is 4.50. The van der Waals surface area contributed by atoms with Crippen molar-refractivity contribution in [1.29, 1.82) is 0 Å². The number of anilines is 1. The molecule has 148 valence electrons. The Morgan fingerprint density at radius 3 is 2.45 bits per heavy atom. The number of carboxylic acids is 1. The van der Waals surface area contributed by atoms with Gasteiger partial charge in [-0.2, -0.15) is 0 Å². The van der Waals surface area contributed by atoms with Gasteiger partial charge in [-0.15, -0.1) is 0 Å². The second-order valence-corrected chi connectivity index (χ2v) is 6.44. The van der Waals surface area contributed by atoms with E-state index in [1.54, 1.807) is 24.3 Å². The number of hydrogen-bond donors (Lipinski definition) is 2. The number of methoxy groups -OCH3 is 1. The quantitative estimate of drug-likeness (QED) is 0.606. The number of ether oxygens (including phenoxy) is 1. The highest BCUT2D eigenvalue weighted by Crippen LogP contribution is 2.30. The summed E-state index contributed by atoms with van der Waals surface area (Å²) in [4.78, 5) is 23.4. The molecule has 0 saturated carbocycles. The van der Waals surface area contributed by atoms with Crippen LogP contribution in [-0.4, -0.2) is 24.1 Å². The van der Waals surface area contributed by atoms with Crippen molar-refractivity contribution < 1.29 is 23.8 Å². The lowest BCUT2D eigenvalue weighted by molar-refractivity contribution is -0.116. The van der Waals surface area contributed by atoms with Crippen LogP contribution in [0.5, 0.6) is 5.75 Å². The van der Waals surface area contributed by atoms with Gasteiger partial charge in [0.25, 0.3) is 0 Å². The minimum absolute atomic E-state index is 0.0541. The van der Waals surface area contributed by atoms with E-state index < -0.39 is 5.97 Å². The maximum Gasteiger partial charge on any atom is 0.337 e. The zero-order valence-electron chi connectivity index (χ0n) is 15.8. The molecule has 3 aromatic carbocycles. The molecule has 0 fully saturated rings. The van der Waals surface area contributed by atoms with Crippen LogP contribution in [0.3, 0.4) is 0 Å². The lowest BCUT2D eigenvalue weighted by Gasteiger charge is -2.10. The topological polar surface area (TPSA) is 75.6 Å². The minimum atomic E-state index is -1.09. The first-order valence-corrected chi connectivity index (χ1v) is 9.03. The Kier molecular flexibility index (Phi) is 6.24. The van der Waals surface area contributed by atoms with Gasteiger partial charge >= 0.3 is 5.97 Å². The first kappa shape index (κ1) is 20.1. The van der Waals surface area contributed by atoms with Crippen molar-refractivity contribution in [3.05, 3.63) is 83.7 Å². The molecule has 0 unspecified atom stereocenters. The Bertz CT molecular complexity index is 1030. The number of benzene rings is 3. The van der Waals surface area contributed by atoms with Crippen LogP contribution in [0.15, 0.2) is 66.7 Å². The maximum absolute atomic E-state index is 13.4. The van der Waals surface area contributed by atoms with E-state index >= 15 is 0 Å². The van der Waals surface area contributed by atoms with Gasteiger partial charge in [0.1, 0.15) is 11.6 Å². The third-order valence-electron chi connectivity index (χ3n) is 4.50. The van der Waals surface area contributed by atoms with Crippen molar-refractivity contribution in [3.8, 4) is 16.9 Å². The van der Waals surface area contributed by atoms with Gasteiger partial charge in [-0.1, -0.05) is 36.4 Å². The maximum atomic E-state index is 13.4. The summed E-state index contributed by atoms with van der Waals surface area (Å²) in [5.74, 6) is -1.26. The van der Waals surface area contributed by atoms with Crippen LogP contribution < -0.4 is 10.1 Å². The Morgan fingerprint density at radius 2 is 1.76 bits per heavy atom. The Balaban J connectivity index is 1.64. The number of aryl methyl sites for hydroxylation is 1. The molecule has 0 bridgehead atoms. The Morgan fingerprint density at radius 1 is 1.03 bits per heavy atom. The first-order valence-electron chi connectivity index (χ1n) is 9.03. The van der Waals surface area contributed by atoms with Crippen LogP contribution in [0.1, 0.15) is 22.3 Å². The van der Waals surface area contributed by atoms with E-state index in [4.69, 9.17) is 4.74 Å². The van der Waals surface area contributed by atoms with Crippen LogP contribution in [0, 0.1) is 5.82 Å². The van der Waals surface area contributed by atoms with Crippen molar-refractivity contribution >= 4 is 17.6 Å². The summed E-state index contributed by atoms with van der Waals surface area (Å²) in [7, 11) is 1.49. The van der Waals surface area contributed by atoms with Crippen molar-refractivity contribution in [3.63, 3.8) is 0 Å². The summed E-state index contributed by atoms with van der Waals surface area (Å²) in [6.45, 7) is 0. The number of para-hydroxylation sites is 1. The highest BCUT2D eigenvalue weighted by molar-refractivity contribution is 6.00. The summed E-state index contributed by atoms with van der Waals surface area (Å²) in [5, 5.41) is 11.8. The van der Waals surface area contributed by atoms with E-state index in [-0.39, 0.29) is 29.4 Å². The Hall–Kier alpha value is -3.67. The highest BCUT2D eigenvalue weighted by atomic mass is 19.1. The Labute approximate surface area is 167 Å². The number of halogens is 1. The lowest BCUT2D eigenvalue weighted by atomic mass is 10.0. The smallest absolute Gasteiger partial charge is 0.337 e. The average Bonchev–Trinajstić information content (AvgIpc) is 2.73. The van der Waals surface area contributed by atoms with Crippen molar-refractivity contribution in [2.45, 2.75) is 12.8 Å². The van der Waals surface area contributed by atoms with Gasteiger partial charge in [-0.25, -0.2) is 9.18 Å². The molecule has 0 aliphatic rings. The largest absolute Gasteiger partial charge is 0.496 e. The molecule has 2 N–H and O–H groups in total. The fourth-order valence-corrected chi connectivity index (χ4v) is 3.00. The average molecular weight is 393 g/mol. The first-order chi connectivity index (χ1) is 14.0. The molecule has 0 atom stereocenters. The molecule has 5 nitrogen and oxygen atoms in total. The normalized spacial score (nSPS) is 10.4. The summed E-state index contributed by atoms with van der Waals surface area (Å²) in [6.07, 6.45) is 0.717. The second-order valence-electron chi connectivity index (χ2n) is 6.44. The van der Waals surface area contributed by atoms with E-state index in [0.29, 0.717) is 12.2 Å². The molecule has 0 radical (unpaired) electrons. The molecule has 0 spiro atoms. The molecule has 29 heavy (non-hydrogen) atoms. The van der Waals surface area contributed by atoms with E-state index in [1.807, 2.05) is 24.3 Å². The molecule has 0 aliphatic carbocycles. The van der Waals surface area contributed by atoms with Crippen LogP contribution >= 0.6 is 0 Å². The van der Waals surface area contributed by atoms with E-state index in [2.05, 4.69) is 5.32 Å². The van der Waals surface area contributed by atoms with Crippen LogP contribution in [-0.2, 0) is 11.2 Å². The molecule has 0 heterocycles. The molecule has 1 amide bonds. The SMILES string of the molecule is COc1cc(F)ccc1-c1ccc(CCC(=O)Nc2ccccc2C(=O)O)cc1. The van der Waals surface area contributed by atoms with Gasteiger partial charge in [0.15, 0.2) is 0 Å². The van der Waals surface area contributed by atoms with Gasteiger partial charge in [0, 0.05) is 18.1 Å². The van der Waals surface area contributed by atoms with Gasteiger partial charge in [0.2, 0.25) is 5.91 Å². The number of aromatic carboxylic acids is 1. The van der Waals surface area contributed by atoms with Crippen LogP contribution in [0.25, 0.3) is 11.1 Å². The second kappa shape index (κ2) is 9.01. The van der Waals surface area contributed by atoms with E-state index in [0.717, 1.165) is 16.7 Å². The number of carbonyl (C=O) groups is 2. The van der Waals surface area contributed by atoms with E-state index in [1.165, 1.54) is 25.3 Å². The minimum Gasteiger partial charge on any atom is -0.496 e. The van der Waals surface area contributed by atoms with Gasteiger partial charge in [-0.3, -0.25) is 4.79 Å². The van der Waals surface area contributed by atoms with Crippen molar-refractivity contribution in [1.82, 2.24) is 0 Å². The number of carbonyl (C=O) groups excluding carboxylic acids is 1. The van der Waals surface area contributed by atoms with Crippen LogP contribution in [0.2, 0.25) is 0 Å². The highest BCUT2D eigenvalue weighted by Gasteiger charge is 2.12. The molecule has 3 aromatic rings. The predicted molar refractivity (Wildman–Crippen MR) is 109 cm³/mol.